The second-order valence-electron chi connectivity index (χ2n) is 4.73. The van der Waals surface area contributed by atoms with E-state index in [9.17, 15) is 0 Å². The van der Waals surface area contributed by atoms with Crippen molar-refractivity contribution >= 4 is 28.2 Å². The van der Waals surface area contributed by atoms with Gasteiger partial charge in [-0.2, -0.15) is 0 Å². The molecule has 0 saturated heterocycles. The van der Waals surface area contributed by atoms with Crippen LogP contribution < -0.4 is 20.7 Å². The summed E-state index contributed by atoms with van der Waals surface area (Å²) in [6, 6.07) is 1.72. The molecule has 0 spiro atoms. The number of pyridine rings is 1. The van der Waals surface area contributed by atoms with E-state index in [2.05, 4.69) is 5.43 Å². The molecule has 2 aromatic rings. The highest BCUT2D eigenvalue weighted by atomic mass is 35.5. The normalized spacial score (nSPS) is 13.4. The van der Waals surface area contributed by atoms with Crippen molar-refractivity contribution in [1.29, 1.82) is 0 Å². The zero-order chi connectivity index (χ0) is 14.3. The number of nitrogen functional groups attached to an aromatic ring is 1. The maximum atomic E-state index is 6.27. The molecule has 0 amide bonds. The van der Waals surface area contributed by atoms with Gasteiger partial charge in [0.1, 0.15) is 17.0 Å². The quantitative estimate of drug-likeness (QED) is 0.672. The number of nitrogens with two attached hydrogens (primary N) is 1. The topological polar surface area (TPSA) is 69.4 Å². The minimum absolute atomic E-state index is 0.480. The zero-order valence-corrected chi connectivity index (χ0v) is 12.2. The molecule has 1 aliphatic carbocycles. The van der Waals surface area contributed by atoms with Crippen molar-refractivity contribution in [3.8, 4) is 11.5 Å². The van der Waals surface area contributed by atoms with Crippen LogP contribution in [-0.2, 0) is 12.8 Å². The molecule has 0 bridgehead atoms. The van der Waals surface area contributed by atoms with Crippen molar-refractivity contribution in [2.45, 2.75) is 19.3 Å². The maximum Gasteiger partial charge on any atom is 0.149 e. The van der Waals surface area contributed by atoms with Gasteiger partial charge in [0, 0.05) is 11.8 Å². The molecule has 1 heterocycles. The summed E-state index contributed by atoms with van der Waals surface area (Å²) in [4.78, 5) is 4.73. The number of aryl methyl sites for hydroxylation is 1. The maximum absolute atomic E-state index is 6.27. The van der Waals surface area contributed by atoms with Gasteiger partial charge in [0.05, 0.1) is 30.3 Å². The molecule has 0 radical (unpaired) electrons. The van der Waals surface area contributed by atoms with Crippen LogP contribution in [0.5, 0.6) is 11.5 Å². The van der Waals surface area contributed by atoms with Crippen LogP contribution in [0.3, 0.4) is 0 Å². The fraction of sp³-hybridized carbons (Fsp3) is 0.357. The first-order valence-corrected chi connectivity index (χ1v) is 6.81. The summed E-state index contributed by atoms with van der Waals surface area (Å²) in [5, 5.41) is 1.26. The number of fused-ring (bicyclic) bond motifs is 2. The van der Waals surface area contributed by atoms with E-state index in [1.54, 1.807) is 20.3 Å². The highest BCUT2D eigenvalue weighted by Crippen LogP contribution is 2.45. The van der Waals surface area contributed by atoms with Gasteiger partial charge in [-0.05, 0) is 24.8 Å². The highest BCUT2D eigenvalue weighted by Gasteiger charge is 2.24. The Morgan fingerprint density at radius 1 is 1.30 bits per heavy atom. The van der Waals surface area contributed by atoms with Crippen molar-refractivity contribution in [2.24, 2.45) is 5.84 Å². The second-order valence-corrected chi connectivity index (χ2v) is 5.13. The molecule has 20 heavy (non-hydrogen) atoms. The summed E-state index contributed by atoms with van der Waals surface area (Å²) < 4.78 is 10.8. The predicted octanol–water partition coefficient (Wildman–Crippen LogP) is 2.68. The van der Waals surface area contributed by atoms with E-state index in [1.165, 1.54) is 0 Å². The van der Waals surface area contributed by atoms with Crippen LogP contribution in [0.1, 0.15) is 17.7 Å². The van der Waals surface area contributed by atoms with Crippen LogP contribution in [0, 0.1) is 0 Å². The number of nitrogens with one attached hydrogen (secondary N) is 1. The summed E-state index contributed by atoms with van der Waals surface area (Å²) >= 11 is 6.27. The number of benzene rings is 1. The second kappa shape index (κ2) is 5.00. The zero-order valence-electron chi connectivity index (χ0n) is 11.4. The number of methoxy groups -OCH3 is 2. The average Bonchev–Trinajstić information content (AvgIpc) is 2.92. The lowest BCUT2D eigenvalue weighted by molar-refractivity contribution is 0.410. The summed E-state index contributed by atoms with van der Waals surface area (Å²) in [5.41, 5.74) is 6.55. The van der Waals surface area contributed by atoms with Crippen molar-refractivity contribution in [1.82, 2.24) is 4.98 Å². The number of halogens is 1. The van der Waals surface area contributed by atoms with E-state index in [0.717, 1.165) is 47.1 Å². The molecule has 5 nitrogen and oxygen atoms in total. The highest BCUT2D eigenvalue weighted by molar-refractivity contribution is 6.34. The summed E-state index contributed by atoms with van der Waals surface area (Å²) in [7, 11) is 3.18. The van der Waals surface area contributed by atoms with Crippen LogP contribution in [0.25, 0.3) is 10.9 Å². The summed E-state index contributed by atoms with van der Waals surface area (Å²) in [5.74, 6) is 6.93. The molecule has 106 valence electrons. The summed E-state index contributed by atoms with van der Waals surface area (Å²) in [6.45, 7) is 0. The van der Waals surface area contributed by atoms with Crippen LogP contribution in [0.4, 0.5) is 5.69 Å². The largest absolute Gasteiger partial charge is 0.494 e. The predicted molar refractivity (Wildman–Crippen MR) is 79.7 cm³/mol. The first kappa shape index (κ1) is 13.3. The fourth-order valence-corrected chi connectivity index (χ4v) is 3.13. The summed E-state index contributed by atoms with van der Waals surface area (Å²) in [6.07, 6.45) is 2.98. The Kier molecular flexibility index (Phi) is 3.31. The Morgan fingerprint density at radius 3 is 2.75 bits per heavy atom. The van der Waals surface area contributed by atoms with Gasteiger partial charge in [-0.25, -0.2) is 4.98 Å². The van der Waals surface area contributed by atoms with Gasteiger partial charge >= 0.3 is 0 Å². The molecular formula is C14H16ClN3O2. The average molecular weight is 294 g/mol. The molecule has 0 fully saturated rings. The van der Waals surface area contributed by atoms with Gasteiger partial charge in [0.2, 0.25) is 0 Å². The van der Waals surface area contributed by atoms with Crippen LogP contribution in [0.2, 0.25) is 5.02 Å². The third-order valence-electron chi connectivity index (χ3n) is 3.73. The SMILES string of the molecule is COc1cc(Cl)c(OC)c2c(NN)c3c(nc12)CCC3. The van der Waals surface area contributed by atoms with Crippen LogP contribution in [-0.4, -0.2) is 19.2 Å². The third-order valence-corrected chi connectivity index (χ3v) is 4.01. The molecule has 0 saturated carbocycles. The molecule has 1 aromatic carbocycles. The molecular weight excluding hydrogens is 278 g/mol. The molecule has 0 unspecified atom stereocenters. The number of hydrazine groups is 1. The first-order chi connectivity index (χ1) is 9.71. The number of rotatable bonds is 3. The molecule has 0 aliphatic heterocycles. The van der Waals surface area contributed by atoms with E-state index < -0.39 is 0 Å². The molecule has 1 aromatic heterocycles. The number of ether oxygens (including phenoxy) is 2. The minimum atomic E-state index is 0.480. The molecule has 6 heteroatoms. The molecule has 1 aliphatic rings. The minimum Gasteiger partial charge on any atom is -0.494 e. The Labute approximate surface area is 122 Å². The number of anilines is 1. The fourth-order valence-electron chi connectivity index (χ4n) is 2.86. The van der Waals surface area contributed by atoms with E-state index >= 15 is 0 Å². The standard InChI is InChI=1S/C14H16ClN3O2/c1-19-10-6-8(15)14(20-2)11-12(18-16)7-4-3-5-9(7)17-13(10)11/h6H,3-5,16H2,1-2H3,(H,17,18). The van der Waals surface area contributed by atoms with Crippen molar-refractivity contribution in [3.63, 3.8) is 0 Å². The Hall–Kier alpha value is -1.72. The molecule has 0 atom stereocenters. The van der Waals surface area contributed by atoms with Crippen molar-refractivity contribution in [3.05, 3.63) is 22.3 Å². The van der Waals surface area contributed by atoms with Gasteiger partial charge in [0.25, 0.3) is 0 Å². The van der Waals surface area contributed by atoms with Gasteiger partial charge in [-0.15, -0.1) is 0 Å². The Balaban J connectivity index is 2.49. The lowest BCUT2D eigenvalue weighted by atomic mass is 10.1. The molecule has 3 rings (SSSR count). The first-order valence-electron chi connectivity index (χ1n) is 6.43. The van der Waals surface area contributed by atoms with E-state index in [1.807, 2.05) is 0 Å². The van der Waals surface area contributed by atoms with Crippen LogP contribution >= 0.6 is 11.6 Å². The van der Waals surface area contributed by atoms with Gasteiger partial charge in [-0.1, -0.05) is 11.6 Å². The monoisotopic (exact) mass is 293 g/mol. The lowest BCUT2D eigenvalue weighted by Crippen LogP contribution is -2.11. The third kappa shape index (κ3) is 1.77. The van der Waals surface area contributed by atoms with Crippen molar-refractivity contribution in [2.75, 3.05) is 19.6 Å². The Bertz CT molecular complexity index is 688. The van der Waals surface area contributed by atoms with Crippen molar-refractivity contribution < 1.29 is 9.47 Å². The smallest absolute Gasteiger partial charge is 0.149 e. The number of hydrogen-bond donors (Lipinski definition) is 2. The molecule has 3 N–H and O–H groups in total. The van der Waals surface area contributed by atoms with Gasteiger partial charge in [0.15, 0.2) is 0 Å². The number of nitrogens with zero attached hydrogens (tertiary/aromatic N) is 1. The van der Waals surface area contributed by atoms with E-state index in [0.29, 0.717) is 16.5 Å². The lowest BCUT2D eigenvalue weighted by Gasteiger charge is -2.17. The Morgan fingerprint density at radius 2 is 2.10 bits per heavy atom. The van der Waals surface area contributed by atoms with Gasteiger partial charge < -0.3 is 14.9 Å². The number of aromatic nitrogens is 1. The van der Waals surface area contributed by atoms with E-state index in [4.69, 9.17) is 31.9 Å². The van der Waals surface area contributed by atoms with Crippen LogP contribution in [0.15, 0.2) is 6.07 Å². The van der Waals surface area contributed by atoms with E-state index in [-0.39, 0.29) is 0 Å². The number of hydrogen-bond acceptors (Lipinski definition) is 5. The van der Waals surface area contributed by atoms with Gasteiger partial charge in [-0.3, -0.25) is 5.84 Å².